The molecule has 0 aliphatic carbocycles. The number of anilines is 1. The minimum Gasteiger partial charge on any atom is -0.454 e. The van der Waals surface area contributed by atoms with Gasteiger partial charge < -0.3 is 19.5 Å². The quantitative estimate of drug-likeness (QED) is 0.396. The van der Waals surface area contributed by atoms with Gasteiger partial charge >= 0.3 is 5.97 Å². The van der Waals surface area contributed by atoms with Gasteiger partial charge in [-0.25, -0.2) is 4.79 Å². The summed E-state index contributed by atoms with van der Waals surface area (Å²) >= 11 is 1.14. The number of benzene rings is 2. The highest BCUT2D eigenvalue weighted by Gasteiger charge is 2.17. The van der Waals surface area contributed by atoms with Crippen molar-refractivity contribution in [2.75, 3.05) is 18.7 Å². The van der Waals surface area contributed by atoms with E-state index in [9.17, 15) is 19.7 Å². The van der Waals surface area contributed by atoms with Crippen LogP contribution < -0.4 is 14.8 Å². The lowest BCUT2D eigenvalue weighted by atomic mass is 10.2. The van der Waals surface area contributed by atoms with Gasteiger partial charge in [0.25, 0.3) is 11.6 Å². The van der Waals surface area contributed by atoms with Gasteiger partial charge in [-0.3, -0.25) is 14.9 Å². The Morgan fingerprint density at radius 2 is 1.96 bits per heavy atom. The van der Waals surface area contributed by atoms with Crippen LogP contribution >= 0.6 is 11.3 Å². The molecule has 0 spiro atoms. The number of carbonyl (C=O) groups excluding carboxylic acids is 2. The molecule has 3 aromatic rings. The summed E-state index contributed by atoms with van der Waals surface area (Å²) in [6.07, 6.45) is 0. The van der Waals surface area contributed by atoms with Crippen molar-refractivity contribution in [1.29, 1.82) is 0 Å². The molecule has 4 rings (SSSR count). The fourth-order valence-electron chi connectivity index (χ4n) is 2.62. The van der Waals surface area contributed by atoms with Crippen LogP contribution in [0.2, 0.25) is 0 Å². The largest absolute Gasteiger partial charge is 0.454 e. The topological polar surface area (TPSA) is 117 Å². The monoisotopic (exact) mass is 400 g/mol. The van der Waals surface area contributed by atoms with Gasteiger partial charge in [0, 0.05) is 34.0 Å². The van der Waals surface area contributed by atoms with Crippen molar-refractivity contribution in [3.63, 3.8) is 0 Å². The second kappa shape index (κ2) is 7.16. The number of hydrogen-bond donors (Lipinski definition) is 1. The summed E-state index contributed by atoms with van der Waals surface area (Å²) in [5, 5.41) is 14.0. The van der Waals surface area contributed by atoms with Crippen molar-refractivity contribution in [3.05, 3.63) is 57.5 Å². The van der Waals surface area contributed by atoms with Gasteiger partial charge in [-0.05, 0) is 24.3 Å². The number of hydrogen-bond acceptors (Lipinski definition) is 8. The van der Waals surface area contributed by atoms with Crippen LogP contribution in [0.5, 0.6) is 11.5 Å². The second-order valence-corrected chi connectivity index (χ2v) is 6.87. The number of fused-ring (bicyclic) bond motifs is 2. The smallest absolute Gasteiger partial charge is 0.348 e. The first-order valence-corrected chi connectivity index (χ1v) is 8.86. The molecule has 1 N–H and O–H groups in total. The number of nitro benzene ring substituents is 1. The van der Waals surface area contributed by atoms with E-state index in [0.29, 0.717) is 27.3 Å². The lowest BCUT2D eigenvalue weighted by molar-refractivity contribution is -0.384. The number of amides is 1. The van der Waals surface area contributed by atoms with Gasteiger partial charge in [0.05, 0.1) is 4.92 Å². The van der Waals surface area contributed by atoms with Crippen LogP contribution in [0, 0.1) is 10.1 Å². The maximum absolute atomic E-state index is 12.2. The molecular weight excluding hydrogens is 388 g/mol. The third kappa shape index (κ3) is 3.58. The molecule has 1 aliphatic heterocycles. The zero-order chi connectivity index (χ0) is 19.7. The van der Waals surface area contributed by atoms with Crippen LogP contribution in [0.4, 0.5) is 11.4 Å². The van der Waals surface area contributed by atoms with E-state index < -0.39 is 23.4 Å². The average molecular weight is 400 g/mol. The third-order valence-electron chi connectivity index (χ3n) is 3.90. The Morgan fingerprint density at radius 3 is 2.79 bits per heavy atom. The van der Waals surface area contributed by atoms with Crippen LogP contribution in [0.3, 0.4) is 0 Å². The summed E-state index contributed by atoms with van der Waals surface area (Å²) in [6.45, 7) is -0.343. The van der Waals surface area contributed by atoms with Crippen molar-refractivity contribution in [2.24, 2.45) is 0 Å². The van der Waals surface area contributed by atoms with E-state index in [1.807, 2.05) is 0 Å². The molecule has 0 saturated heterocycles. The minimum atomic E-state index is -0.676. The molecule has 142 valence electrons. The summed E-state index contributed by atoms with van der Waals surface area (Å²) in [5.41, 5.74) is 0.424. The number of nitrogens with one attached hydrogen (secondary N) is 1. The molecule has 0 bridgehead atoms. The molecule has 1 aliphatic rings. The Bertz CT molecular complexity index is 1110. The first-order chi connectivity index (χ1) is 13.5. The van der Waals surface area contributed by atoms with Crippen molar-refractivity contribution < 1.29 is 28.7 Å². The lowest BCUT2D eigenvalue weighted by Gasteiger charge is -2.06. The van der Waals surface area contributed by atoms with Crippen molar-refractivity contribution in [2.45, 2.75) is 0 Å². The Morgan fingerprint density at radius 1 is 1.14 bits per heavy atom. The standard InChI is InChI=1S/C18H12N2O7S/c21-17(19-11-1-3-13-14(7-11)27-9-26-13)8-25-18(22)16-6-10-5-12(20(23)24)2-4-15(10)28-16/h1-7H,8-9H2,(H,19,21). The Labute approximate surface area is 161 Å². The van der Waals surface area contributed by atoms with Crippen molar-refractivity contribution in [3.8, 4) is 11.5 Å². The molecular formula is C18H12N2O7S. The van der Waals surface area contributed by atoms with Crippen LogP contribution in [0.15, 0.2) is 42.5 Å². The highest BCUT2D eigenvalue weighted by Crippen LogP contribution is 2.34. The van der Waals surface area contributed by atoms with Crippen molar-refractivity contribution in [1.82, 2.24) is 0 Å². The minimum absolute atomic E-state index is 0.0617. The maximum atomic E-state index is 12.2. The van der Waals surface area contributed by atoms with E-state index in [-0.39, 0.29) is 17.4 Å². The van der Waals surface area contributed by atoms with Gasteiger partial charge in [0.1, 0.15) is 4.88 Å². The molecule has 1 aromatic heterocycles. The number of rotatable bonds is 5. The zero-order valence-electron chi connectivity index (χ0n) is 14.2. The first-order valence-electron chi connectivity index (χ1n) is 8.04. The average Bonchev–Trinajstić information content (AvgIpc) is 3.31. The van der Waals surface area contributed by atoms with Crippen molar-refractivity contribution >= 4 is 44.7 Å². The number of ether oxygens (including phenoxy) is 3. The van der Waals surface area contributed by atoms with E-state index in [4.69, 9.17) is 14.2 Å². The van der Waals surface area contributed by atoms with Gasteiger partial charge in [0.2, 0.25) is 6.79 Å². The fourth-order valence-corrected chi connectivity index (χ4v) is 3.56. The molecule has 0 fully saturated rings. The molecule has 2 aromatic carbocycles. The molecule has 0 radical (unpaired) electrons. The summed E-state index contributed by atoms with van der Waals surface area (Å²) in [4.78, 5) is 34.8. The van der Waals surface area contributed by atoms with Crippen LogP contribution in [0.1, 0.15) is 9.67 Å². The number of nitrogens with zero attached hydrogens (tertiary/aromatic N) is 1. The van der Waals surface area contributed by atoms with E-state index in [1.165, 1.54) is 18.2 Å². The fraction of sp³-hybridized carbons (Fsp3) is 0.111. The predicted octanol–water partition coefficient (Wildman–Crippen LogP) is 3.33. The molecule has 2 heterocycles. The SMILES string of the molecule is O=C(COC(=O)c1cc2cc([N+](=O)[O-])ccc2s1)Nc1ccc2c(c1)OCO2. The van der Waals surface area contributed by atoms with Gasteiger partial charge in [-0.15, -0.1) is 11.3 Å². The Kier molecular flexibility index (Phi) is 4.53. The van der Waals surface area contributed by atoms with E-state index in [2.05, 4.69) is 5.32 Å². The van der Waals surface area contributed by atoms with E-state index in [0.717, 1.165) is 11.3 Å². The van der Waals surface area contributed by atoms with Gasteiger partial charge in [0.15, 0.2) is 18.1 Å². The first kappa shape index (κ1) is 17.7. The third-order valence-corrected chi connectivity index (χ3v) is 5.00. The molecule has 0 saturated carbocycles. The van der Waals surface area contributed by atoms with Gasteiger partial charge in [-0.1, -0.05) is 0 Å². The molecule has 28 heavy (non-hydrogen) atoms. The Hall–Kier alpha value is -3.66. The summed E-state index contributed by atoms with van der Waals surface area (Å²) in [5.74, 6) is -0.0720. The zero-order valence-corrected chi connectivity index (χ0v) is 15.0. The molecule has 0 atom stereocenters. The number of nitro groups is 1. The number of esters is 1. The predicted molar refractivity (Wildman–Crippen MR) is 100.0 cm³/mol. The summed E-state index contributed by atoms with van der Waals surface area (Å²) in [6, 6.07) is 10.8. The molecule has 9 nitrogen and oxygen atoms in total. The Balaban J connectivity index is 1.37. The highest BCUT2D eigenvalue weighted by molar-refractivity contribution is 7.20. The number of non-ortho nitro benzene ring substituents is 1. The highest BCUT2D eigenvalue weighted by atomic mass is 32.1. The van der Waals surface area contributed by atoms with Crippen LogP contribution in [-0.2, 0) is 9.53 Å². The molecule has 1 amide bonds. The number of thiophene rings is 1. The summed E-state index contributed by atoms with van der Waals surface area (Å²) < 4.78 is 16.2. The second-order valence-electron chi connectivity index (χ2n) is 5.78. The van der Waals surface area contributed by atoms with E-state index in [1.54, 1.807) is 24.3 Å². The molecule has 10 heteroatoms. The molecule has 0 unspecified atom stereocenters. The van der Waals surface area contributed by atoms with Crippen LogP contribution in [-0.4, -0.2) is 30.2 Å². The van der Waals surface area contributed by atoms with Crippen LogP contribution in [0.25, 0.3) is 10.1 Å². The normalized spacial score (nSPS) is 12.0. The lowest BCUT2D eigenvalue weighted by Crippen LogP contribution is -2.20. The summed E-state index contributed by atoms with van der Waals surface area (Å²) in [7, 11) is 0. The maximum Gasteiger partial charge on any atom is 0.348 e. The van der Waals surface area contributed by atoms with E-state index >= 15 is 0 Å². The van der Waals surface area contributed by atoms with Gasteiger partial charge in [-0.2, -0.15) is 0 Å². The number of carbonyl (C=O) groups is 2.